The van der Waals surface area contributed by atoms with E-state index in [-0.39, 0.29) is 17.9 Å². The molecule has 0 aromatic heterocycles. The predicted octanol–water partition coefficient (Wildman–Crippen LogP) is 4.49. The van der Waals surface area contributed by atoms with Gasteiger partial charge in [0.2, 0.25) is 0 Å². The van der Waals surface area contributed by atoms with Gasteiger partial charge < -0.3 is 4.74 Å². The van der Waals surface area contributed by atoms with E-state index >= 15 is 0 Å². The number of para-hydroxylation sites is 1. The Morgan fingerprint density at radius 1 is 1.00 bits per heavy atom. The van der Waals surface area contributed by atoms with Crippen molar-refractivity contribution in [3.05, 3.63) is 99.6 Å². The van der Waals surface area contributed by atoms with E-state index in [4.69, 9.17) is 4.74 Å². The third kappa shape index (κ3) is 3.99. The van der Waals surface area contributed by atoms with Gasteiger partial charge in [0.15, 0.2) is 0 Å². The molecule has 0 aliphatic rings. The van der Waals surface area contributed by atoms with Gasteiger partial charge in [-0.3, -0.25) is 10.1 Å². The van der Waals surface area contributed by atoms with Gasteiger partial charge in [0.1, 0.15) is 12.2 Å². The van der Waals surface area contributed by atoms with Gasteiger partial charge >= 0.3 is 5.97 Å². The van der Waals surface area contributed by atoms with Crippen LogP contribution in [0.3, 0.4) is 0 Å². The van der Waals surface area contributed by atoms with Crippen LogP contribution in [-0.2, 0) is 11.3 Å². The van der Waals surface area contributed by atoms with Crippen molar-refractivity contribution in [3.8, 4) is 17.2 Å². The van der Waals surface area contributed by atoms with E-state index in [2.05, 4.69) is 6.07 Å². The van der Waals surface area contributed by atoms with E-state index in [0.29, 0.717) is 5.56 Å². The van der Waals surface area contributed by atoms with Crippen molar-refractivity contribution in [3.63, 3.8) is 0 Å². The highest BCUT2D eigenvalue weighted by molar-refractivity contribution is 5.93. The fourth-order valence-corrected chi connectivity index (χ4v) is 2.64. The molecule has 0 N–H and O–H groups in total. The van der Waals surface area contributed by atoms with Crippen molar-refractivity contribution in [2.24, 2.45) is 0 Å². The average Bonchev–Trinajstić information content (AvgIpc) is 2.72. The van der Waals surface area contributed by atoms with E-state index in [1.807, 2.05) is 24.3 Å². The Morgan fingerprint density at radius 2 is 1.67 bits per heavy atom. The van der Waals surface area contributed by atoms with Crippen LogP contribution >= 0.6 is 0 Å². The first-order valence-corrected chi connectivity index (χ1v) is 8.09. The van der Waals surface area contributed by atoms with Crippen molar-refractivity contribution in [1.82, 2.24) is 0 Å². The largest absolute Gasteiger partial charge is 0.457 e. The number of benzene rings is 3. The number of nitro groups is 1. The summed E-state index contributed by atoms with van der Waals surface area (Å²) in [5, 5.41) is 20.2. The van der Waals surface area contributed by atoms with Gasteiger partial charge in [-0.1, -0.05) is 54.6 Å². The highest BCUT2D eigenvalue weighted by atomic mass is 16.6. The van der Waals surface area contributed by atoms with Crippen LogP contribution in [-0.4, -0.2) is 10.9 Å². The standard InChI is InChI=1S/C21H14N2O4/c22-13-17-5-1-2-6-18(17)16-11-9-15(10-12-16)14-27-21(24)19-7-3-4-8-20(19)23(25)26/h1-12H,14H2. The number of esters is 1. The van der Waals surface area contributed by atoms with Crippen molar-refractivity contribution < 1.29 is 14.5 Å². The molecule has 0 heterocycles. The molecule has 0 spiro atoms. The molecule has 132 valence electrons. The van der Waals surface area contributed by atoms with Crippen LogP contribution < -0.4 is 0 Å². The van der Waals surface area contributed by atoms with Crippen molar-refractivity contribution >= 4 is 11.7 Å². The zero-order valence-electron chi connectivity index (χ0n) is 14.2. The second-order valence-electron chi connectivity index (χ2n) is 5.70. The normalized spacial score (nSPS) is 10.0. The Bertz CT molecular complexity index is 1040. The van der Waals surface area contributed by atoms with Gasteiger partial charge in [-0.2, -0.15) is 5.26 Å². The highest BCUT2D eigenvalue weighted by Crippen LogP contribution is 2.24. The van der Waals surface area contributed by atoms with Crippen LogP contribution in [0.15, 0.2) is 72.8 Å². The second kappa shape index (κ2) is 7.93. The molecule has 6 nitrogen and oxygen atoms in total. The molecule has 0 unspecified atom stereocenters. The number of nitro benzene ring substituents is 1. The molecular weight excluding hydrogens is 344 g/mol. The third-order valence-electron chi connectivity index (χ3n) is 4.00. The zero-order valence-corrected chi connectivity index (χ0v) is 14.2. The SMILES string of the molecule is N#Cc1ccccc1-c1ccc(COC(=O)c2ccccc2[N+](=O)[O-])cc1. The molecule has 3 aromatic rings. The number of ether oxygens (including phenoxy) is 1. The van der Waals surface area contributed by atoms with Gasteiger partial charge in [-0.25, -0.2) is 4.79 Å². The van der Waals surface area contributed by atoms with E-state index in [1.54, 1.807) is 30.3 Å². The smallest absolute Gasteiger partial charge is 0.345 e. The molecule has 0 saturated carbocycles. The number of carbonyl (C=O) groups excluding carboxylic acids is 1. The summed E-state index contributed by atoms with van der Waals surface area (Å²) in [5.41, 5.74) is 2.64. The topological polar surface area (TPSA) is 93.2 Å². The summed E-state index contributed by atoms with van der Waals surface area (Å²) >= 11 is 0. The highest BCUT2D eigenvalue weighted by Gasteiger charge is 2.20. The van der Waals surface area contributed by atoms with Crippen molar-refractivity contribution in [2.75, 3.05) is 0 Å². The summed E-state index contributed by atoms with van der Waals surface area (Å²) in [6.07, 6.45) is 0. The number of hydrogen-bond donors (Lipinski definition) is 0. The average molecular weight is 358 g/mol. The van der Waals surface area contributed by atoms with Crippen LogP contribution in [0.4, 0.5) is 5.69 Å². The third-order valence-corrected chi connectivity index (χ3v) is 4.00. The lowest BCUT2D eigenvalue weighted by atomic mass is 9.99. The van der Waals surface area contributed by atoms with Gasteiger partial charge in [0.25, 0.3) is 5.69 Å². The first-order chi connectivity index (χ1) is 13.1. The van der Waals surface area contributed by atoms with Crippen LogP contribution in [0.5, 0.6) is 0 Å². The minimum absolute atomic E-state index is 0.00887. The lowest BCUT2D eigenvalue weighted by Crippen LogP contribution is -2.08. The summed E-state index contributed by atoms with van der Waals surface area (Å²) in [5.74, 6) is -0.749. The molecule has 0 fully saturated rings. The molecule has 0 atom stereocenters. The quantitative estimate of drug-likeness (QED) is 0.380. The molecular formula is C21H14N2O4. The lowest BCUT2D eigenvalue weighted by molar-refractivity contribution is -0.385. The van der Waals surface area contributed by atoms with Gasteiger partial charge in [0, 0.05) is 6.07 Å². The Balaban J connectivity index is 1.72. The lowest BCUT2D eigenvalue weighted by Gasteiger charge is -2.08. The number of hydrogen-bond acceptors (Lipinski definition) is 5. The van der Waals surface area contributed by atoms with E-state index < -0.39 is 10.9 Å². The minimum Gasteiger partial charge on any atom is -0.457 e. The molecule has 3 aromatic carbocycles. The van der Waals surface area contributed by atoms with Crippen molar-refractivity contribution in [2.45, 2.75) is 6.61 Å². The summed E-state index contributed by atoms with van der Waals surface area (Å²) < 4.78 is 5.20. The van der Waals surface area contributed by atoms with E-state index in [9.17, 15) is 20.2 Å². The maximum absolute atomic E-state index is 12.2. The molecule has 0 bridgehead atoms. The maximum Gasteiger partial charge on any atom is 0.345 e. The van der Waals surface area contributed by atoms with Crippen molar-refractivity contribution in [1.29, 1.82) is 5.26 Å². The predicted molar refractivity (Wildman–Crippen MR) is 98.8 cm³/mol. The molecule has 0 saturated heterocycles. The Hall–Kier alpha value is -3.98. The minimum atomic E-state index is -0.749. The number of nitrogens with zero attached hydrogens (tertiary/aromatic N) is 2. The van der Waals surface area contributed by atoms with Crippen LogP contribution in [0.1, 0.15) is 21.5 Å². The molecule has 0 amide bonds. The Labute approximate surface area is 155 Å². The fraction of sp³-hybridized carbons (Fsp3) is 0.0476. The maximum atomic E-state index is 12.2. The molecule has 0 aliphatic carbocycles. The Morgan fingerprint density at radius 3 is 2.37 bits per heavy atom. The number of nitriles is 1. The van der Waals surface area contributed by atoms with Crippen LogP contribution in [0.25, 0.3) is 11.1 Å². The monoisotopic (exact) mass is 358 g/mol. The summed E-state index contributed by atoms with van der Waals surface area (Å²) in [7, 11) is 0. The van der Waals surface area contributed by atoms with Gasteiger partial charge in [0.05, 0.1) is 16.6 Å². The summed E-state index contributed by atoms with van der Waals surface area (Å²) in [6.45, 7) is -0.00887. The fourth-order valence-electron chi connectivity index (χ4n) is 2.64. The van der Waals surface area contributed by atoms with E-state index in [0.717, 1.165) is 16.7 Å². The molecule has 0 radical (unpaired) electrons. The Kier molecular flexibility index (Phi) is 5.24. The first kappa shape index (κ1) is 17.8. The molecule has 3 rings (SSSR count). The van der Waals surface area contributed by atoms with Crippen LogP contribution in [0, 0.1) is 21.4 Å². The van der Waals surface area contributed by atoms with E-state index in [1.165, 1.54) is 18.2 Å². The summed E-state index contributed by atoms with van der Waals surface area (Å²) in [6, 6.07) is 22.3. The zero-order chi connectivity index (χ0) is 19.2. The summed E-state index contributed by atoms with van der Waals surface area (Å²) in [4.78, 5) is 22.5. The van der Waals surface area contributed by atoms with Gasteiger partial charge in [-0.15, -0.1) is 0 Å². The molecule has 0 aliphatic heterocycles. The van der Waals surface area contributed by atoms with Gasteiger partial charge in [-0.05, 0) is 28.8 Å². The first-order valence-electron chi connectivity index (χ1n) is 8.09. The number of rotatable bonds is 5. The number of carbonyl (C=O) groups is 1. The van der Waals surface area contributed by atoms with Crippen LogP contribution in [0.2, 0.25) is 0 Å². The second-order valence-corrected chi connectivity index (χ2v) is 5.70. The molecule has 6 heteroatoms. The molecule has 27 heavy (non-hydrogen) atoms.